The second-order valence-electron chi connectivity index (χ2n) is 6.13. The van der Waals surface area contributed by atoms with Crippen LogP contribution in [0.3, 0.4) is 0 Å². The first-order valence-electron chi connectivity index (χ1n) is 7.90. The SMILES string of the molecule is CS(=O)(=O)N1CCCN(C(=O)CCC2CCNCC2)CC1.Cl. The zero-order valence-corrected chi connectivity index (χ0v) is 14.9. The summed E-state index contributed by atoms with van der Waals surface area (Å²) in [5.41, 5.74) is 0. The first-order chi connectivity index (χ1) is 9.97. The van der Waals surface area contributed by atoms with Crippen molar-refractivity contribution in [3.8, 4) is 0 Å². The average molecular weight is 354 g/mol. The third-order valence-corrected chi connectivity index (χ3v) is 5.80. The van der Waals surface area contributed by atoms with E-state index in [9.17, 15) is 13.2 Å². The first kappa shape index (κ1) is 19.7. The molecule has 2 fully saturated rings. The molecular formula is C14H28ClN3O3S. The quantitative estimate of drug-likeness (QED) is 0.807. The molecule has 2 saturated heterocycles. The molecule has 0 spiro atoms. The highest BCUT2D eigenvalue weighted by Crippen LogP contribution is 2.19. The van der Waals surface area contributed by atoms with Gasteiger partial charge in [0.25, 0.3) is 0 Å². The van der Waals surface area contributed by atoms with Crippen molar-refractivity contribution >= 4 is 28.3 Å². The number of halogens is 1. The Balaban J connectivity index is 0.00000242. The highest BCUT2D eigenvalue weighted by Gasteiger charge is 2.24. The van der Waals surface area contributed by atoms with E-state index in [1.165, 1.54) is 10.6 Å². The Morgan fingerprint density at radius 3 is 2.45 bits per heavy atom. The molecule has 6 nitrogen and oxygen atoms in total. The van der Waals surface area contributed by atoms with Gasteiger partial charge in [0.05, 0.1) is 6.26 Å². The summed E-state index contributed by atoms with van der Waals surface area (Å²) in [4.78, 5) is 14.1. The minimum atomic E-state index is -3.14. The zero-order chi connectivity index (χ0) is 15.3. The molecule has 0 saturated carbocycles. The van der Waals surface area contributed by atoms with Crippen molar-refractivity contribution in [2.45, 2.75) is 32.1 Å². The molecule has 0 unspecified atom stereocenters. The lowest BCUT2D eigenvalue weighted by molar-refractivity contribution is -0.131. The number of carbonyl (C=O) groups is 1. The summed E-state index contributed by atoms with van der Waals surface area (Å²) >= 11 is 0. The number of amides is 1. The molecular weight excluding hydrogens is 326 g/mol. The molecule has 2 aliphatic heterocycles. The molecule has 22 heavy (non-hydrogen) atoms. The van der Waals surface area contributed by atoms with Gasteiger partial charge >= 0.3 is 0 Å². The summed E-state index contributed by atoms with van der Waals surface area (Å²) in [6, 6.07) is 0. The standard InChI is InChI=1S/C14H27N3O3S.ClH/c1-21(19,20)17-10-2-9-16(11-12-17)14(18)4-3-13-5-7-15-8-6-13;/h13,15H,2-12H2,1H3;1H. The molecule has 0 aromatic carbocycles. The molecule has 1 N–H and O–H groups in total. The van der Waals surface area contributed by atoms with Crippen molar-refractivity contribution in [1.29, 1.82) is 0 Å². The topological polar surface area (TPSA) is 69.7 Å². The number of nitrogens with zero attached hydrogens (tertiary/aromatic N) is 2. The molecule has 2 heterocycles. The smallest absolute Gasteiger partial charge is 0.222 e. The fraction of sp³-hybridized carbons (Fsp3) is 0.929. The first-order valence-corrected chi connectivity index (χ1v) is 9.75. The van der Waals surface area contributed by atoms with E-state index in [1.807, 2.05) is 4.90 Å². The summed E-state index contributed by atoms with van der Waals surface area (Å²) in [6.07, 6.45) is 5.86. The Morgan fingerprint density at radius 1 is 1.14 bits per heavy atom. The van der Waals surface area contributed by atoms with Gasteiger partial charge in [0.15, 0.2) is 0 Å². The zero-order valence-electron chi connectivity index (χ0n) is 13.3. The largest absolute Gasteiger partial charge is 0.341 e. The number of hydrogen-bond acceptors (Lipinski definition) is 4. The Bertz CT molecular complexity index is 452. The van der Waals surface area contributed by atoms with Crippen LogP contribution in [0.1, 0.15) is 32.1 Å². The third-order valence-electron chi connectivity index (χ3n) is 4.50. The lowest BCUT2D eigenvalue weighted by Crippen LogP contribution is -2.37. The lowest BCUT2D eigenvalue weighted by atomic mass is 9.93. The number of carbonyl (C=O) groups excluding carboxylic acids is 1. The monoisotopic (exact) mass is 353 g/mol. The molecule has 2 rings (SSSR count). The van der Waals surface area contributed by atoms with Gasteiger partial charge in [-0.1, -0.05) is 0 Å². The number of sulfonamides is 1. The maximum atomic E-state index is 12.3. The van der Waals surface area contributed by atoms with E-state index in [1.54, 1.807) is 0 Å². The number of nitrogens with one attached hydrogen (secondary N) is 1. The van der Waals surface area contributed by atoms with Crippen molar-refractivity contribution in [2.75, 3.05) is 45.5 Å². The van der Waals surface area contributed by atoms with Crippen molar-refractivity contribution in [3.05, 3.63) is 0 Å². The van der Waals surface area contributed by atoms with Crippen LogP contribution in [0.4, 0.5) is 0 Å². The fourth-order valence-electron chi connectivity index (χ4n) is 3.13. The van der Waals surface area contributed by atoms with Crippen LogP contribution in [0.15, 0.2) is 0 Å². The number of rotatable bonds is 4. The van der Waals surface area contributed by atoms with Crippen LogP contribution >= 0.6 is 12.4 Å². The second-order valence-corrected chi connectivity index (χ2v) is 8.11. The highest BCUT2D eigenvalue weighted by molar-refractivity contribution is 7.88. The van der Waals surface area contributed by atoms with Crippen LogP contribution in [0.25, 0.3) is 0 Å². The van der Waals surface area contributed by atoms with Crippen LogP contribution in [-0.4, -0.2) is 69.1 Å². The molecule has 0 atom stereocenters. The van der Waals surface area contributed by atoms with Gasteiger partial charge in [-0.2, -0.15) is 0 Å². The highest BCUT2D eigenvalue weighted by atomic mass is 35.5. The molecule has 0 bridgehead atoms. The van der Waals surface area contributed by atoms with Gasteiger partial charge in [-0.25, -0.2) is 12.7 Å². The Kier molecular flexibility index (Phi) is 8.10. The van der Waals surface area contributed by atoms with Gasteiger partial charge in [-0.05, 0) is 44.7 Å². The van der Waals surface area contributed by atoms with Crippen molar-refractivity contribution in [2.24, 2.45) is 5.92 Å². The summed E-state index contributed by atoms with van der Waals surface area (Å²) in [7, 11) is -3.14. The van der Waals surface area contributed by atoms with Crippen molar-refractivity contribution in [1.82, 2.24) is 14.5 Å². The van der Waals surface area contributed by atoms with Crippen LogP contribution in [0.2, 0.25) is 0 Å². The Morgan fingerprint density at radius 2 is 1.82 bits per heavy atom. The fourth-order valence-corrected chi connectivity index (χ4v) is 4.00. The molecule has 8 heteroatoms. The lowest BCUT2D eigenvalue weighted by Gasteiger charge is -2.25. The third kappa shape index (κ3) is 6.02. The van der Waals surface area contributed by atoms with E-state index in [2.05, 4.69) is 5.32 Å². The van der Waals surface area contributed by atoms with Gasteiger partial charge in [-0.15, -0.1) is 12.4 Å². The van der Waals surface area contributed by atoms with E-state index in [0.29, 0.717) is 38.5 Å². The van der Waals surface area contributed by atoms with Gasteiger partial charge in [-0.3, -0.25) is 4.79 Å². The summed E-state index contributed by atoms with van der Waals surface area (Å²) in [6.45, 7) is 4.28. The minimum absolute atomic E-state index is 0. The summed E-state index contributed by atoms with van der Waals surface area (Å²) in [5.74, 6) is 0.846. The number of hydrogen-bond donors (Lipinski definition) is 1. The molecule has 0 radical (unpaired) electrons. The molecule has 0 aromatic rings. The Hall–Kier alpha value is -0.370. The van der Waals surface area contributed by atoms with E-state index in [4.69, 9.17) is 0 Å². The van der Waals surface area contributed by atoms with Crippen LogP contribution in [0, 0.1) is 5.92 Å². The predicted octanol–water partition coefficient (Wildman–Crippen LogP) is 0.682. The molecule has 0 aromatic heterocycles. The van der Waals surface area contributed by atoms with Gasteiger partial charge in [0.2, 0.25) is 15.9 Å². The maximum absolute atomic E-state index is 12.3. The van der Waals surface area contributed by atoms with Crippen LogP contribution < -0.4 is 5.32 Å². The molecule has 1 amide bonds. The molecule has 130 valence electrons. The van der Waals surface area contributed by atoms with E-state index in [-0.39, 0.29) is 18.3 Å². The average Bonchev–Trinajstić information content (AvgIpc) is 2.71. The molecule has 0 aliphatic carbocycles. The summed E-state index contributed by atoms with van der Waals surface area (Å²) < 4.78 is 24.6. The van der Waals surface area contributed by atoms with Crippen molar-refractivity contribution < 1.29 is 13.2 Å². The van der Waals surface area contributed by atoms with Crippen LogP contribution in [-0.2, 0) is 14.8 Å². The van der Waals surface area contributed by atoms with Gasteiger partial charge < -0.3 is 10.2 Å². The van der Waals surface area contributed by atoms with Crippen LogP contribution in [0.5, 0.6) is 0 Å². The normalized spacial score (nSPS) is 22.0. The maximum Gasteiger partial charge on any atom is 0.222 e. The minimum Gasteiger partial charge on any atom is -0.341 e. The summed E-state index contributed by atoms with van der Waals surface area (Å²) in [5, 5.41) is 3.34. The van der Waals surface area contributed by atoms with Gasteiger partial charge in [0.1, 0.15) is 0 Å². The van der Waals surface area contributed by atoms with E-state index >= 15 is 0 Å². The van der Waals surface area contributed by atoms with Gasteiger partial charge in [0, 0.05) is 32.6 Å². The van der Waals surface area contributed by atoms with E-state index < -0.39 is 10.0 Å². The molecule has 2 aliphatic rings. The van der Waals surface area contributed by atoms with Crippen molar-refractivity contribution in [3.63, 3.8) is 0 Å². The predicted molar refractivity (Wildman–Crippen MR) is 89.7 cm³/mol. The second kappa shape index (κ2) is 9.05. The number of piperidine rings is 1. The Labute approximate surface area is 140 Å². The van der Waals surface area contributed by atoms with E-state index in [0.717, 1.165) is 38.8 Å².